The summed E-state index contributed by atoms with van der Waals surface area (Å²) in [6.07, 6.45) is -4.92. The van der Waals surface area contributed by atoms with E-state index in [2.05, 4.69) is 9.72 Å². The van der Waals surface area contributed by atoms with Crippen molar-refractivity contribution >= 4 is 22.6 Å². The maximum absolute atomic E-state index is 12.1. The van der Waals surface area contributed by atoms with Crippen molar-refractivity contribution in [3.63, 3.8) is 0 Å². The molecular weight excluding hydrogens is 350 g/mol. The van der Waals surface area contributed by atoms with Crippen molar-refractivity contribution in [3.05, 3.63) is 20.9 Å². The van der Waals surface area contributed by atoms with Crippen molar-refractivity contribution in [1.82, 2.24) is 4.98 Å². The van der Waals surface area contributed by atoms with Gasteiger partial charge in [-0.2, -0.15) is 5.26 Å². The molecule has 0 radical (unpaired) electrons. The Labute approximate surface area is 109 Å². The van der Waals surface area contributed by atoms with Gasteiger partial charge in [0.25, 0.3) is 0 Å². The molecule has 92 valence electrons. The van der Waals surface area contributed by atoms with Gasteiger partial charge in [-0.25, -0.2) is 4.98 Å². The van der Waals surface area contributed by atoms with Crippen LogP contribution in [0.5, 0.6) is 5.88 Å². The highest BCUT2D eigenvalue weighted by Crippen LogP contribution is 2.28. The standard InChI is InChI=1S/C9H7F3IN3O/c10-9(11,12)17-8-6(4-15)7(13)3-5(16-8)1-2-14/h3H,1,4,15H2. The van der Waals surface area contributed by atoms with E-state index in [0.717, 1.165) is 0 Å². The van der Waals surface area contributed by atoms with Crippen LogP contribution in [0, 0.1) is 14.9 Å². The number of nitrogens with zero attached hydrogens (tertiary/aromatic N) is 2. The summed E-state index contributed by atoms with van der Waals surface area (Å²) in [5.41, 5.74) is 5.72. The molecule has 0 saturated carbocycles. The zero-order valence-electron chi connectivity index (χ0n) is 8.38. The molecule has 0 atom stereocenters. The first-order chi connectivity index (χ1) is 7.87. The minimum atomic E-state index is -4.83. The first-order valence-electron chi connectivity index (χ1n) is 4.38. The Hall–Kier alpha value is -1.08. The number of pyridine rings is 1. The summed E-state index contributed by atoms with van der Waals surface area (Å²) < 4.78 is 40.7. The molecule has 0 aliphatic heterocycles. The molecule has 0 fully saturated rings. The number of aromatic nitrogens is 1. The van der Waals surface area contributed by atoms with Crippen molar-refractivity contribution in [3.8, 4) is 11.9 Å². The van der Waals surface area contributed by atoms with E-state index in [9.17, 15) is 13.2 Å². The van der Waals surface area contributed by atoms with E-state index in [-0.39, 0.29) is 24.2 Å². The van der Waals surface area contributed by atoms with Crippen molar-refractivity contribution in [2.24, 2.45) is 5.73 Å². The van der Waals surface area contributed by atoms with Gasteiger partial charge in [-0.1, -0.05) is 0 Å². The summed E-state index contributed by atoms with van der Waals surface area (Å²) in [5, 5.41) is 8.48. The quantitative estimate of drug-likeness (QED) is 0.842. The van der Waals surface area contributed by atoms with Crippen molar-refractivity contribution in [2.75, 3.05) is 0 Å². The van der Waals surface area contributed by atoms with Crippen molar-refractivity contribution in [2.45, 2.75) is 19.3 Å². The smallest absolute Gasteiger partial charge is 0.387 e. The van der Waals surface area contributed by atoms with Gasteiger partial charge in [0.15, 0.2) is 0 Å². The topological polar surface area (TPSA) is 71.9 Å². The summed E-state index contributed by atoms with van der Waals surface area (Å²) in [5.74, 6) is -0.586. The van der Waals surface area contributed by atoms with E-state index >= 15 is 0 Å². The molecule has 1 aromatic rings. The highest BCUT2D eigenvalue weighted by Gasteiger charge is 2.33. The normalized spacial score (nSPS) is 11.1. The van der Waals surface area contributed by atoms with Crippen LogP contribution in [0.1, 0.15) is 11.3 Å². The van der Waals surface area contributed by atoms with E-state index in [1.807, 2.05) is 22.6 Å². The minimum Gasteiger partial charge on any atom is -0.387 e. The van der Waals surface area contributed by atoms with Crippen LogP contribution in [0.4, 0.5) is 13.2 Å². The lowest BCUT2D eigenvalue weighted by Gasteiger charge is -2.13. The summed E-state index contributed by atoms with van der Waals surface area (Å²) in [6.45, 7) is -0.122. The monoisotopic (exact) mass is 357 g/mol. The van der Waals surface area contributed by atoms with Gasteiger partial charge in [0, 0.05) is 15.7 Å². The third-order valence-corrected chi connectivity index (χ3v) is 2.72. The third kappa shape index (κ3) is 4.01. The molecule has 1 aromatic heterocycles. The number of alkyl halides is 3. The Kier molecular flexibility index (Phi) is 4.53. The Morgan fingerprint density at radius 3 is 2.65 bits per heavy atom. The maximum atomic E-state index is 12.1. The van der Waals surface area contributed by atoms with Gasteiger partial charge in [0.05, 0.1) is 18.2 Å². The molecule has 0 unspecified atom stereocenters. The van der Waals surface area contributed by atoms with E-state index in [0.29, 0.717) is 3.57 Å². The average Bonchev–Trinajstić information content (AvgIpc) is 2.15. The second-order valence-corrected chi connectivity index (χ2v) is 4.13. The molecule has 0 saturated heterocycles. The van der Waals surface area contributed by atoms with Gasteiger partial charge in [0.1, 0.15) is 0 Å². The summed E-state index contributed by atoms with van der Waals surface area (Å²) in [7, 11) is 0. The van der Waals surface area contributed by atoms with Gasteiger partial charge in [-0.15, -0.1) is 13.2 Å². The first-order valence-corrected chi connectivity index (χ1v) is 5.46. The number of rotatable bonds is 3. The van der Waals surface area contributed by atoms with Gasteiger partial charge in [0.2, 0.25) is 5.88 Å². The lowest BCUT2D eigenvalue weighted by Crippen LogP contribution is -2.20. The van der Waals surface area contributed by atoms with Crippen LogP contribution in [0.25, 0.3) is 0 Å². The zero-order chi connectivity index (χ0) is 13.1. The average molecular weight is 357 g/mol. The summed E-state index contributed by atoms with van der Waals surface area (Å²) in [4.78, 5) is 3.63. The molecule has 0 spiro atoms. The van der Waals surface area contributed by atoms with E-state index in [1.165, 1.54) is 6.07 Å². The fourth-order valence-electron chi connectivity index (χ4n) is 1.12. The van der Waals surface area contributed by atoms with Crippen LogP contribution in [-0.4, -0.2) is 11.3 Å². The van der Waals surface area contributed by atoms with Crippen molar-refractivity contribution < 1.29 is 17.9 Å². The number of hydrogen-bond acceptors (Lipinski definition) is 4. The SMILES string of the molecule is N#CCc1cc(I)c(CN)c(OC(F)(F)F)n1. The maximum Gasteiger partial charge on any atom is 0.574 e. The Balaban J connectivity index is 3.20. The highest BCUT2D eigenvalue weighted by molar-refractivity contribution is 14.1. The predicted molar refractivity (Wildman–Crippen MR) is 60.8 cm³/mol. The minimum absolute atomic E-state index is 0.0882. The highest BCUT2D eigenvalue weighted by atomic mass is 127. The van der Waals surface area contributed by atoms with Crippen LogP contribution < -0.4 is 10.5 Å². The lowest BCUT2D eigenvalue weighted by molar-refractivity contribution is -0.276. The number of hydrogen-bond donors (Lipinski definition) is 1. The summed E-state index contributed by atoms with van der Waals surface area (Å²) >= 11 is 1.83. The second kappa shape index (κ2) is 5.50. The van der Waals surface area contributed by atoms with Crippen LogP contribution in [-0.2, 0) is 13.0 Å². The van der Waals surface area contributed by atoms with Gasteiger partial charge >= 0.3 is 6.36 Å². The summed E-state index contributed by atoms with van der Waals surface area (Å²) in [6, 6.07) is 3.31. The molecule has 0 bridgehead atoms. The largest absolute Gasteiger partial charge is 0.574 e. The predicted octanol–water partition coefficient (Wildman–Crippen LogP) is 2.11. The Morgan fingerprint density at radius 2 is 2.18 bits per heavy atom. The number of ether oxygens (including phenoxy) is 1. The zero-order valence-corrected chi connectivity index (χ0v) is 10.5. The van der Waals surface area contributed by atoms with Gasteiger partial charge in [-0.05, 0) is 28.7 Å². The number of nitriles is 1. The van der Waals surface area contributed by atoms with Crippen LogP contribution in [0.3, 0.4) is 0 Å². The molecule has 17 heavy (non-hydrogen) atoms. The molecule has 1 rings (SSSR count). The lowest BCUT2D eigenvalue weighted by atomic mass is 10.2. The Bertz CT molecular complexity index is 456. The molecule has 4 nitrogen and oxygen atoms in total. The molecule has 2 N–H and O–H groups in total. The molecule has 0 amide bonds. The number of nitrogens with two attached hydrogens (primary N) is 1. The van der Waals surface area contributed by atoms with Crippen LogP contribution in [0.2, 0.25) is 0 Å². The van der Waals surface area contributed by atoms with E-state index < -0.39 is 12.2 Å². The molecule has 0 aromatic carbocycles. The van der Waals surface area contributed by atoms with Crippen LogP contribution >= 0.6 is 22.6 Å². The third-order valence-electron chi connectivity index (χ3n) is 1.76. The molecular formula is C9H7F3IN3O. The second-order valence-electron chi connectivity index (χ2n) is 2.97. The van der Waals surface area contributed by atoms with E-state index in [1.54, 1.807) is 6.07 Å². The van der Waals surface area contributed by atoms with Crippen LogP contribution in [0.15, 0.2) is 6.07 Å². The first kappa shape index (κ1) is 14.0. The molecule has 1 heterocycles. The number of halogens is 4. The van der Waals surface area contributed by atoms with Crippen molar-refractivity contribution in [1.29, 1.82) is 5.26 Å². The molecule has 0 aliphatic rings. The van der Waals surface area contributed by atoms with Gasteiger partial charge in [-0.3, -0.25) is 0 Å². The molecule has 8 heteroatoms. The fourth-order valence-corrected chi connectivity index (χ4v) is 1.93. The Morgan fingerprint density at radius 1 is 1.53 bits per heavy atom. The fraction of sp³-hybridized carbons (Fsp3) is 0.333. The van der Waals surface area contributed by atoms with Gasteiger partial charge < -0.3 is 10.5 Å². The molecule has 0 aliphatic carbocycles. The van der Waals surface area contributed by atoms with E-state index in [4.69, 9.17) is 11.0 Å².